The van der Waals surface area contributed by atoms with Crippen LogP contribution in [0.1, 0.15) is 11.1 Å². The highest BCUT2D eigenvalue weighted by molar-refractivity contribution is 7.99. The molecule has 0 aliphatic rings. The van der Waals surface area contributed by atoms with E-state index in [1.807, 2.05) is 86.6 Å². The van der Waals surface area contributed by atoms with E-state index in [4.69, 9.17) is 4.98 Å². The fraction of sp³-hybridized carbons (Fsp3) is 0.115. The number of aromatic amines is 1. The van der Waals surface area contributed by atoms with Crippen LogP contribution in [0.4, 0.5) is 5.69 Å². The molecule has 3 aromatic carbocycles. The number of amides is 1. The molecule has 0 spiro atoms. The third kappa shape index (κ3) is 4.03. The lowest BCUT2D eigenvalue weighted by Crippen LogP contribution is -2.23. The zero-order chi connectivity index (χ0) is 22.9. The SMILES string of the molecule is Cc1ccc(C)c(NC(=O)CSc2nc3c([nH]c4ccccc43)c(=O)n2-c2ccccc2)c1. The number of thioether (sulfide) groups is 1. The number of hydrogen-bond donors (Lipinski definition) is 2. The number of nitrogens with one attached hydrogen (secondary N) is 2. The van der Waals surface area contributed by atoms with Gasteiger partial charge in [-0.25, -0.2) is 4.98 Å². The maximum absolute atomic E-state index is 13.5. The summed E-state index contributed by atoms with van der Waals surface area (Å²) in [6.07, 6.45) is 0. The molecular formula is C26H22N4O2S. The lowest BCUT2D eigenvalue weighted by atomic mass is 10.1. The molecule has 0 bridgehead atoms. The molecule has 0 unspecified atom stereocenters. The Morgan fingerprint density at radius 1 is 1.03 bits per heavy atom. The summed E-state index contributed by atoms with van der Waals surface area (Å²) in [6, 6.07) is 23.0. The molecule has 0 fully saturated rings. The summed E-state index contributed by atoms with van der Waals surface area (Å²) < 4.78 is 1.56. The summed E-state index contributed by atoms with van der Waals surface area (Å²) in [6.45, 7) is 3.95. The highest BCUT2D eigenvalue weighted by Gasteiger charge is 2.18. The maximum atomic E-state index is 13.5. The Morgan fingerprint density at radius 2 is 1.79 bits per heavy atom. The third-order valence-corrected chi connectivity index (χ3v) is 6.45. The van der Waals surface area contributed by atoms with E-state index >= 15 is 0 Å². The second-order valence-corrected chi connectivity index (χ2v) is 8.86. The van der Waals surface area contributed by atoms with Crippen LogP contribution in [-0.4, -0.2) is 26.2 Å². The number of hydrogen-bond acceptors (Lipinski definition) is 4. The van der Waals surface area contributed by atoms with Crippen molar-refractivity contribution in [1.29, 1.82) is 0 Å². The molecule has 7 heteroatoms. The first-order valence-electron chi connectivity index (χ1n) is 10.6. The summed E-state index contributed by atoms with van der Waals surface area (Å²) in [4.78, 5) is 34.3. The molecule has 5 aromatic rings. The van der Waals surface area contributed by atoms with Gasteiger partial charge in [0.25, 0.3) is 5.56 Å². The molecule has 2 aromatic heterocycles. The van der Waals surface area contributed by atoms with E-state index < -0.39 is 0 Å². The van der Waals surface area contributed by atoms with Gasteiger partial charge < -0.3 is 10.3 Å². The van der Waals surface area contributed by atoms with Crippen LogP contribution in [0, 0.1) is 13.8 Å². The summed E-state index contributed by atoms with van der Waals surface area (Å²) >= 11 is 1.25. The number of para-hydroxylation sites is 2. The van der Waals surface area contributed by atoms with Crippen LogP contribution in [0.5, 0.6) is 0 Å². The standard InChI is InChI=1S/C26H22N4O2S/c1-16-12-13-17(2)21(14-16)27-22(31)15-33-26-29-23-19-10-6-7-11-20(19)28-24(23)25(32)30(26)18-8-4-3-5-9-18/h3-14,28H,15H2,1-2H3,(H,27,31). The average molecular weight is 455 g/mol. The number of anilines is 1. The number of carbonyl (C=O) groups excluding carboxylic acids is 1. The number of rotatable bonds is 5. The highest BCUT2D eigenvalue weighted by atomic mass is 32.2. The molecule has 1 amide bonds. The molecule has 0 saturated heterocycles. The lowest BCUT2D eigenvalue weighted by Gasteiger charge is -2.13. The molecule has 33 heavy (non-hydrogen) atoms. The van der Waals surface area contributed by atoms with Gasteiger partial charge in [-0.2, -0.15) is 0 Å². The molecule has 0 aliphatic carbocycles. The summed E-state index contributed by atoms with van der Waals surface area (Å²) in [5.74, 6) is -0.0258. The molecular weight excluding hydrogens is 432 g/mol. The Bertz CT molecular complexity index is 1550. The van der Waals surface area contributed by atoms with Gasteiger partial charge in [0.15, 0.2) is 5.16 Å². The topological polar surface area (TPSA) is 79.8 Å². The minimum atomic E-state index is -0.195. The van der Waals surface area contributed by atoms with Crippen LogP contribution < -0.4 is 10.9 Å². The average Bonchev–Trinajstić information content (AvgIpc) is 3.20. The molecule has 5 rings (SSSR count). The molecule has 0 saturated carbocycles. The number of benzene rings is 3. The summed E-state index contributed by atoms with van der Waals surface area (Å²) in [5, 5.41) is 4.33. The number of aromatic nitrogens is 3. The molecule has 6 nitrogen and oxygen atoms in total. The van der Waals surface area contributed by atoms with Crippen LogP contribution in [0.25, 0.3) is 27.6 Å². The van der Waals surface area contributed by atoms with Crippen molar-refractivity contribution in [3.63, 3.8) is 0 Å². The van der Waals surface area contributed by atoms with E-state index in [1.54, 1.807) is 4.57 Å². The van der Waals surface area contributed by atoms with Crippen molar-refractivity contribution in [2.45, 2.75) is 19.0 Å². The van der Waals surface area contributed by atoms with Crippen molar-refractivity contribution in [3.8, 4) is 5.69 Å². The Kier molecular flexibility index (Phi) is 5.48. The maximum Gasteiger partial charge on any atom is 0.283 e. The molecule has 2 heterocycles. The number of carbonyl (C=O) groups is 1. The van der Waals surface area contributed by atoms with Crippen LogP contribution in [-0.2, 0) is 4.79 Å². The first-order chi connectivity index (χ1) is 16.0. The first kappa shape index (κ1) is 21.0. The zero-order valence-corrected chi connectivity index (χ0v) is 19.1. The van der Waals surface area contributed by atoms with Gasteiger partial charge in [-0.1, -0.05) is 60.3 Å². The van der Waals surface area contributed by atoms with Crippen molar-refractivity contribution >= 4 is 45.3 Å². The first-order valence-corrected chi connectivity index (χ1v) is 11.6. The van der Waals surface area contributed by atoms with Crippen molar-refractivity contribution in [2.24, 2.45) is 0 Å². The van der Waals surface area contributed by atoms with E-state index in [2.05, 4.69) is 10.3 Å². The van der Waals surface area contributed by atoms with Crippen LogP contribution in [0.3, 0.4) is 0 Å². The van der Waals surface area contributed by atoms with E-state index in [-0.39, 0.29) is 17.2 Å². The third-order valence-electron chi connectivity index (χ3n) is 5.51. The van der Waals surface area contributed by atoms with Gasteiger partial charge in [0.2, 0.25) is 5.91 Å². The molecule has 0 aliphatic heterocycles. The second kappa shape index (κ2) is 8.60. The fourth-order valence-corrected chi connectivity index (χ4v) is 4.64. The molecule has 164 valence electrons. The predicted molar refractivity (Wildman–Crippen MR) is 134 cm³/mol. The summed E-state index contributed by atoms with van der Waals surface area (Å²) in [5.41, 5.74) is 5.29. The minimum absolute atomic E-state index is 0.126. The quantitative estimate of drug-likeness (QED) is 0.282. The van der Waals surface area contributed by atoms with E-state index in [9.17, 15) is 9.59 Å². The predicted octanol–water partition coefficient (Wildman–Crippen LogP) is 5.21. The van der Waals surface area contributed by atoms with Gasteiger partial charge >= 0.3 is 0 Å². The fourth-order valence-electron chi connectivity index (χ4n) is 3.83. The molecule has 2 N–H and O–H groups in total. The molecule has 0 radical (unpaired) electrons. The number of H-pyrrole nitrogens is 1. The number of fused-ring (bicyclic) bond motifs is 3. The van der Waals surface area contributed by atoms with Crippen molar-refractivity contribution in [1.82, 2.24) is 14.5 Å². The highest BCUT2D eigenvalue weighted by Crippen LogP contribution is 2.26. The number of nitrogens with zero attached hydrogens (tertiary/aromatic N) is 2. The van der Waals surface area contributed by atoms with Gasteiger partial charge in [0.05, 0.1) is 11.4 Å². The van der Waals surface area contributed by atoms with E-state index in [0.29, 0.717) is 21.9 Å². The Labute approximate surface area is 194 Å². The Hall–Kier alpha value is -3.84. The second-order valence-electron chi connectivity index (χ2n) is 7.92. The van der Waals surface area contributed by atoms with Gasteiger partial charge in [0.1, 0.15) is 11.0 Å². The zero-order valence-electron chi connectivity index (χ0n) is 18.3. The van der Waals surface area contributed by atoms with Gasteiger partial charge in [-0.3, -0.25) is 14.2 Å². The van der Waals surface area contributed by atoms with Crippen LogP contribution >= 0.6 is 11.8 Å². The Morgan fingerprint density at radius 3 is 2.61 bits per heavy atom. The number of aryl methyl sites for hydroxylation is 2. The van der Waals surface area contributed by atoms with Crippen LogP contribution in [0.2, 0.25) is 0 Å². The van der Waals surface area contributed by atoms with Gasteiger partial charge in [-0.15, -0.1) is 0 Å². The van der Waals surface area contributed by atoms with Crippen LogP contribution in [0.15, 0.2) is 82.7 Å². The molecule has 0 atom stereocenters. The monoisotopic (exact) mass is 454 g/mol. The van der Waals surface area contributed by atoms with Crippen molar-refractivity contribution in [3.05, 3.63) is 94.3 Å². The van der Waals surface area contributed by atoms with Crippen molar-refractivity contribution < 1.29 is 4.79 Å². The normalized spacial score (nSPS) is 11.2. The summed E-state index contributed by atoms with van der Waals surface area (Å²) in [7, 11) is 0. The van der Waals surface area contributed by atoms with E-state index in [1.165, 1.54) is 11.8 Å². The smallest absolute Gasteiger partial charge is 0.283 e. The minimum Gasteiger partial charge on any atom is -0.349 e. The van der Waals surface area contributed by atoms with E-state index in [0.717, 1.165) is 27.7 Å². The largest absolute Gasteiger partial charge is 0.349 e. The van der Waals surface area contributed by atoms with Gasteiger partial charge in [-0.05, 0) is 49.2 Å². The van der Waals surface area contributed by atoms with Gasteiger partial charge in [0, 0.05) is 16.6 Å². The lowest BCUT2D eigenvalue weighted by molar-refractivity contribution is -0.113. The van der Waals surface area contributed by atoms with Crippen molar-refractivity contribution in [2.75, 3.05) is 11.1 Å². The Balaban J connectivity index is 1.54.